The normalized spacial score (nSPS) is 16.1. The summed E-state index contributed by atoms with van der Waals surface area (Å²) >= 11 is 2.72. The van der Waals surface area contributed by atoms with Crippen molar-refractivity contribution in [2.45, 2.75) is 54.6 Å². The van der Waals surface area contributed by atoms with Crippen LogP contribution in [-0.2, 0) is 21.2 Å². The predicted molar refractivity (Wildman–Crippen MR) is 173 cm³/mol. The second-order valence-corrected chi connectivity index (χ2v) is 15.4. The number of benzene rings is 1. The van der Waals surface area contributed by atoms with E-state index in [-0.39, 0.29) is 15.8 Å². The number of aliphatic carboxylic acids is 1. The molecule has 4 heterocycles. The number of hydrogen-bond donors (Lipinski definition) is 3. The Labute approximate surface area is 283 Å². The third-order valence-corrected chi connectivity index (χ3v) is 12.3. The minimum atomic E-state index is -5.08. The largest absolute Gasteiger partial charge is 0.494 e. The molecule has 1 unspecified atom stereocenters. The number of aromatic carboxylic acids is 1. The summed E-state index contributed by atoms with van der Waals surface area (Å²) in [7, 11) is -2.24. The van der Waals surface area contributed by atoms with Gasteiger partial charge in [0.2, 0.25) is 5.43 Å². The van der Waals surface area contributed by atoms with Gasteiger partial charge < -0.3 is 24.0 Å². The molecule has 0 aliphatic heterocycles. The van der Waals surface area contributed by atoms with E-state index < -0.39 is 39.6 Å². The van der Waals surface area contributed by atoms with Crippen LogP contribution in [0.4, 0.5) is 13.2 Å². The summed E-state index contributed by atoms with van der Waals surface area (Å²) in [5.41, 5.74) is 2.07. The van der Waals surface area contributed by atoms with Gasteiger partial charge in [-0.1, -0.05) is 5.16 Å². The lowest BCUT2D eigenvalue weighted by atomic mass is 9.94. The summed E-state index contributed by atoms with van der Waals surface area (Å²) in [6.45, 7) is 0. The number of pyridine rings is 1. The Kier molecular flexibility index (Phi) is 9.16. The second kappa shape index (κ2) is 13.1. The number of aryl methyl sites for hydroxylation is 1. The topological polar surface area (TPSA) is 178 Å². The summed E-state index contributed by atoms with van der Waals surface area (Å²) in [5, 5.41) is 20.9. The molecule has 2 aliphatic rings. The Morgan fingerprint density at radius 2 is 1.82 bits per heavy atom. The molecular formula is C31H26F3N3O9S3. The van der Waals surface area contributed by atoms with Crippen LogP contribution in [0.2, 0.25) is 0 Å². The van der Waals surface area contributed by atoms with E-state index in [4.69, 9.17) is 19.2 Å². The number of nitrogens with one attached hydrogen (secondary N) is 1. The third-order valence-electron chi connectivity index (χ3n) is 7.98. The molecule has 49 heavy (non-hydrogen) atoms. The lowest BCUT2D eigenvalue weighted by molar-refractivity contribution is -0.192. The number of sulfonamides is 1. The molecule has 1 atom stereocenters. The van der Waals surface area contributed by atoms with Crippen LogP contribution in [0.5, 0.6) is 5.75 Å². The number of carbonyl (C=O) groups is 2. The average molecular weight is 738 g/mol. The van der Waals surface area contributed by atoms with E-state index in [2.05, 4.69) is 9.88 Å². The smallest absolute Gasteiger partial charge is 0.490 e. The van der Waals surface area contributed by atoms with Crippen molar-refractivity contribution in [2.75, 3.05) is 7.11 Å². The second-order valence-electron chi connectivity index (χ2n) is 11.2. The van der Waals surface area contributed by atoms with Crippen LogP contribution in [0.1, 0.15) is 58.6 Å². The molecule has 3 N–H and O–H groups in total. The number of alkyl halides is 3. The first kappa shape index (κ1) is 34.3. The van der Waals surface area contributed by atoms with Crippen molar-refractivity contribution in [2.24, 2.45) is 0 Å². The molecule has 4 aromatic heterocycles. The van der Waals surface area contributed by atoms with Gasteiger partial charge in [0.05, 0.1) is 22.9 Å². The number of carboxylic acids is 2. The van der Waals surface area contributed by atoms with Gasteiger partial charge in [-0.25, -0.2) is 22.7 Å². The summed E-state index contributed by atoms with van der Waals surface area (Å²) in [4.78, 5) is 36.5. The highest BCUT2D eigenvalue weighted by atomic mass is 32.2. The molecule has 0 amide bonds. The lowest BCUT2D eigenvalue weighted by Crippen LogP contribution is -2.30. The number of carboxylic acid groups (broad SMARTS) is 2. The van der Waals surface area contributed by atoms with Gasteiger partial charge >= 0.3 is 18.1 Å². The molecule has 0 spiro atoms. The highest BCUT2D eigenvalue weighted by molar-refractivity contribution is 7.91. The van der Waals surface area contributed by atoms with Gasteiger partial charge in [-0.05, 0) is 68.0 Å². The highest BCUT2D eigenvalue weighted by Crippen LogP contribution is 2.47. The molecule has 1 saturated carbocycles. The molecule has 1 fully saturated rings. The number of hydrogen-bond acceptors (Lipinski definition) is 10. The number of thiophene rings is 2. The van der Waals surface area contributed by atoms with Gasteiger partial charge in [-0.3, -0.25) is 4.79 Å². The Bertz CT molecular complexity index is 2240. The minimum Gasteiger partial charge on any atom is -0.494 e. The van der Waals surface area contributed by atoms with Crippen LogP contribution in [-0.4, -0.2) is 53.6 Å². The van der Waals surface area contributed by atoms with Gasteiger partial charge in [0.1, 0.15) is 21.7 Å². The number of nitrogens with zero attached hydrogens (tertiary/aromatic N) is 2. The van der Waals surface area contributed by atoms with Crippen molar-refractivity contribution in [1.82, 2.24) is 14.4 Å². The maximum atomic E-state index is 13.4. The maximum absolute atomic E-state index is 13.4. The monoisotopic (exact) mass is 737 g/mol. The number of halogens is 3. The molecule has 258 valence electrons. The highest BCUT2D eigenvalue weighted by Gasteiger charge is 2.38. The standard InChI is InChI=1S/C29H25N3O7S3.C2HF3O2/c1-38-28-16(7-8-17-26(28)32(15-5-6-15)14-19(27(17)33)29(34)35)24-13-18-20(3-2-4-22(18)40-24)31-42(36,37)25-10-9-23(41-25)21-11-12-39-30-21;3-2(4,5)1(6)7/h7-15,20,31H,2-6H2,1H3,(H,34,35);(H,6,7). The number of methoxy groups -OCH3 is 1. The quantitative estimate of drug-likeness (QED) is 0.160. The number of rotatable bonds is 8. The molecule has 7 rings (SSSR count). The zero-order valence-electron chi connectivity index (χ0n) is 25.3. The zero-order chi connectivity index (χ0) is 35.2. The fourth-order valence-corrected chi connectivity index (χ4v) is 9.43. The van der Waals surface area contributed by atoms with Crippen LogP contribution in [0, 0.1) is 0 Å². The van der Waals surface area contributed by atoms with Gasteiger partial charge in [-0.15, -0.1) is 22.7 Å². The zero-order valence-corrected chi connectivity index (χ0v) is 27.8. The fraction of sp³-hybridized carbons (Fsp3) is 0.290. The van der Waals surface area contributed by atoms with Crippen molar-refractivity contribution in [3.63, 3.8) is 0 Å². The van der Waals surface area contributed by atoms with Crippen molar-refractivity contribution >= 4 is 55.5 Å². The first-order valence-corrected chi connectivity index (χ1v) is 17.8. The Morgan fingerprint density at radius 1 is 1.08 bits per heavy atom. The number of ether oxygens (including phenoxy) is 1. The molecule has 0 radical (unpaired) electrons. The van der Waals surface area contributed by atoms with E-state index >= 15 is 0 Å². The summed E-state index contributed by atoms with van der Waals surface area (Å²) < 4.78 is 74.3. The van der Waals surface area contributed by atoms with Gasteiger partial charge in [0.25, 0.3) is 10.0 Å². The first-order valence-electron chi connectivity index (χ1n) is 14.6. The predicted octanol–water partition coefficient (Wildman–Crippen LogP) is 6.48. The fourth-order valence-electron chi connectivity index (χ4n) is 5.61. The van der Waals surface area contributed by atoms with Crippen molar-refractivity contribution in [3.8, 4) is 26.8 Å². The minimum absolute atomic E-state index is 0.104. The molecule has 18 heteroatoms. The Morgan fingerprint density at radius 3 is 2.43 bits per heavy atom. The van der Waals surface area contributed by atoms with Crippen LogP contribution in [0.15, 0.2) is 62.4 Å². The molecule has 0 saturated heterocycles. The van der Waals surface area contributed by atoms with E-state index in [0.717, 1.165) is 57.9 Å². The lowest BCUT2D eigenvalue weighted by Gasteiger charge is -2.23. The van der Waals surface area contributed by atoms with Gasteiger partial charge in [-0.2, -0.15) is 13.2 Å². The SMILES string of the molecule is COc1c(-c2cc3c(s2)CCCC3NS(=O)(=O)c2ccc(-c3ccon3)s2)ccc2c(=O)c(C(=O)O)cn(C3CC3)c12.O=C(O)C(F)(F)F. The van der Waals surface area contributed by atoms with Crippen molar-refractivity contribution in [1.29, 1.82) is 0 Å². The van der Waals surface area contributed by atoms with E-state index in [1.807, 2.05) is 10.6 Å². The van der Waals surface area contributed by atoms with Crippen molar-refractivity contribution < 1.29 is 50.7 Å². The van der Waals surface area contributed by atoms with Crippen LogP contribution >= 0.6 is 22.7 Å². The first-order chi connectivity index (χ1) is 23.2. The van der Waals surface area contributed by atoms with E-state index in [1.54, 1.807) is 48.8 Å². The molecular weight excluding hydrogens is 712 g/mol. The Hall–Kier alpha value is -4.52. The third kappa shape index (κ3) is 6.85. The summed E-state index contributed by atoms with van der Waals surface area (Å²) in [6.07, 6.45) is 1.91. The van der Waals surface area contributed by atoms with E-state index in [0.29, 0.717) is 33.6 Å². The van der Waals surface area contributed by atoms with Gasteiger partial charge in [0.15, 0.2) is 5.75 Å². The average Bonchev–Trinajstić information content (AvgIpc) is 3.41. The summed E-state index contributed by atoms with van der Waals surface area (Å²) in [5.74, 6) is -3.51. The van der Waals surface area contributed by atoms with Crippen LogP contribution in [0.25, 0.3) is 31.9 Å². The maximum Gasteiger partial charge on any atom is 0.490 e. The molecule has 1 aromatic carbocycles. The summed E-state index contributed by atoms with van der Waals surface area (Å²) in [6, 6.07) is 10.2. The van der Waals surface area contributed by atoms with Gasteiger partial charge in [0, 0.05) is 39.7 Å². The number of aromatic nitrogens is 2. The molecule has 12 nitrogen and oxygen atoms in total. The van der Waals surface area contributed by atoms with Crippen molar-refractivity contribution in [3.05, 3.63) is 75.1 Å². The molecule has 0 bridgehead atoms. The van der Waals surface area contributed by atoms with E-state index in [1.165, 1.54) is 12.5 Å². The Balaban J connectivity index is 0.000000540. The molecule has 5 aromatic rings. The van der Waals surface area contributed by atoms with Crippen LogP contribution in [0.3, 0.4) is 0 Å². The van der Waals surface area contributed by atoms with E-state index in [9.17, 15) is 36.3 Å². The molecule has 2 aliphatic carbocycles. The van der Waals surface area contributed by atoms with Crippen LogP contribution < -0.4 is 14.9 Å². The number of fused-ring (bicyclic) bond motifs is 2.